The zero-order valence-corrected chi connectivity index (χ0v) is 19.1. The summed E-state index contributed by atoms with van der Waals surface area (Å²) in [5.41, 5.74) is 1.02. The summed E-state index contributed by atoms with van der Waals surface area (Å²) in [5.74, 6) is -2.87. The Morgan fingerprint density at radius 3 is 2.41 bits per heavy atom. The molecule has 2 saturated heterocycles. The van der Waals surface area contributed by atoms with Crippen LogP contribution in [-0.2, 0) is 9.53 Å². The van der Waals surface area contributed by atoms with E-state index in [1.165, 1.54) is 6.42 Å². The van der Waals surface area contributed by atoms with Crippen LogP contribution in [0.1, 0.15) is 36.5 Å². The number of benzene rings is 1. The highest BCUT2D eigenvalue weighted by atomic mass is 19.4. The van der Waals surface area contributed by atoms with Gasteiger partial charge in [0.25, 0.3) is 0 Å². The number of aromatic carboxylic acids is 1. The Morgan fingerprint density at radius 2 is 1.88 bits per heavy atom. The van der Waals surface area contributed by atoms with Crippen LogP contribution in [-0.4, -0.2) is 96.1 Å². The number of aliphatic carboxylic acids is 1. The maximum Gasteiger partial charge on any atom is 0.490 e. The molecule has 0 bridgehead atoms. The second-order valence-electron chi connectivity index (χ2n) is 7.94. The van der Waals surface area contributed by atoms with Crippen molar-refractivity contribution in [1.29, 1.82) is 0 Å². The molecule has 0 aliphatic carbocycles. The molecule has 0 amide bonds. The third-order valence-electron chi connectivity index (χ3n) is 5.29. The molecule has 2 aliphatic heterocycles. The van der Waals surface area contributed by atoms with Gasteiger partial charge in [0, 0.05) is 38.5 Å². The van der Waals surface area contributed by atoms with Crippen molar-refractivity contribution in [2.45, 2.75) is 38.5 Å². The summed E-state index contributed by atoms with van der Waals surface area (Å²) in [4.78, 5) is 29.7. The SMILES string of the molecule is CCCN1CCN(C(=NCC2CCCO2)Nc2cccc(C(=O)O)c2)CC1.O=C(O)C(F)(F)F. The third kappa shape index (κ3) is 9.18. The lowest BCUT2D eigenvalue weighted by molar-refractivity contribution is -0.192. The Labute approximate surface area is 196 Å². The zero-order chi connectivity index (χ0) is 25.1. The van der Waals surface area contributed by atoms with Gasteiger partial charge in [0.2, 0.25) is 0 Å². The predicted octanol–water partition coefficient (Wildman–Crippen LogP) is 2.99. The molecule has 1 unspecified atom stereocenters. The molecule has 0 radical (unpaired) electrons. The topological polar surface area (TPSA) is 115 Å². The van der Waals surface area contributed by atoms with Crippen LogP contribution in [0, 0.1) is 0 Å². The van der Waals surface area contributed by atoms with E-state index in [0.717, 1.165) is 63.8 Å². The van der Waals surface area contributed by atoms with Gasteiger partial charge in [0.1, 0.15) is 0 Å². The number of nitrogens with one attached hydrogen (secondary N) is 1. The number of piperazine rings is 1. The standard InChI is InChI=1S/C20H30N4O3.C2HF3O2/c1-2-8-23-9-11-24(12-10-23)20(21-15-18-7-4-13-27-18)22-17-6-3-5-16(14-17)19(25)26;3-2(4,5)1(6)7/h3,5-6,14,18H,2,4,7-13,15H2,1H3,(H,21,22)(H,25,26);(H,6,7). The number of anilines is 1. The molecule has 1 atom stereocenters. The number of carboxylic acid groups (broad SMARTS) is 2. The smallest absolute Gasteiger partial charge is 0.478 e. The Balaban J connectivity index is 0.000000509. The number of aliphatic imine (C=N–C) groups is 1. The summed E-state index contributed by atoms with van der Waals surface area (Å²) in [6, 6.07) is 6.88. The Hall–Kier alpha value is -2.86. The van der Waals surface area contributed by atoms with Crippen molar-refractivity contribution in [2.75, 3.05) is 51.2 Å². The second-order valence-corrected chi connectivity index (χ2v) is 7.94. The van der Waals surface area contributed by atoms with Crippen molar-refractivity contribution in [1.82, 2.24) is 9.80 Å². The summed E-state index contributed by atoms with van der Waals surface area (Å²) >= 11 is 0. The maximum atomic E-state index is 11.2. The van der Waals surface area contributed by atoms with Crippen molar-refractivity contribution in [3.63, 3.8) is 0 Å². The molecular formula is C22H31F3N4O5. The van der Waals surface area contributed by atoms with E-state index in [0.29, 0.717) is 6.54 Å². The summed E-state index contributed by atoms with van der Waals surface area (Å²) in [6.07, 6.45) is -1.58. The Morgan fingerprint density at radius 1 is 1.21 bits per heavy atom. The van der Waals surface area contributed by atoms with Gasteiger partial charge in [-0.3, -0.25) is 9.89 Å². The van der Waals surface area contributed by atoms with E-state index in [4.69, 9.17) is 19.6 Å². The molecule has 2 aliphatic rings. The molecule has 3 N–H and O–H groups in total. The van der Waals surface area contributed by atoms with E-state index in [2.05, 4.69) is 22.0 Å². The van der Waals surface area contributed by atoms with E-state index in [-0.39, 0.29) is 11.7 Å². The van der Waals surface area contributed by atoms with Crippen LogP contribution in [0.2, 0.25) is 0 Å². The number of carboxylic acids is 2. The fraction of sp³-hybridized carbons (Fsp3) is 0.591. The highest BCUT2D eigenvalue weighted by Gasteiger charge is 2.38. The minimum Gasteiger partial charge on any atom is -0.478 e. The normalized spacial score (nSPS) is 19.4. The molecule has 1 aromatic rings. The highest BCUT2D eigenvalue weighted by molar-refractivity contribution is 5.95. The predicted molar refractivity (Wildman–Crippen MR) is 120 cm³/mol. The number of rotatable bonds is 6. The monoisotopic (exact) mass is 488 g/mol. The van der Waals surface area contributed by atoms with Crippen LogP contribution in [0.5, 0.6) is 0 Å². The number of ether oxygens (including phenoxy) is 1. The molecule has 2 fully saturated rings. The number of nitrogens with zero attached hydrogens (tertiary/aromatic N) is 3. The van der Waals surface area contributed by atoms with Crippen molar-refractivity contribution in [3.05, 3.63) is 29.8 Å². The van der Waals surface area contributed by atoms with Crippen molar-refractivity contribution in [2.24, 2.45) is 4.99 Å². The van der Waals surface area contributed by atoms with Crippen LogP contribution in [0.15, 0.2) is 29.3 Å². The van der Waals surface area contributed by atoms with Gasteiger partial charge >= 0.3 is 18.1 Å². The van der Waals surface area contributed by atoms with Crippen molar-refractivity contribution in [3.8, 4) is 0 Å². The van der Waals surface area contributed by atoms with E-state index in [1.807, 2.05) is 6.07 Å². The first-order chi connectivity index (χ1) is 16.1. The van der Waals surface area contributed by atoms with Gasteiger partial charge in [-0.15, -0.1) is 0 Å². The van der Waals surface area contributed by atoms with E-state index < -0.39 is 18.1 Å². The van der Waals surface area contributed by atoms with E-state index >= 15 is 0 Å². The molecule has 190 valence electrons. The van der Waals surface area contributed by atoms with Gasteiger partial charge in [0.15, 0.2) is 5.96 Å². The van der Waals surface area contributed by atoms with Crippen LogP contribution < -0.4 is 5.32 Å². The number of hydrogen-bond donors (Lipinski definition) is 3. The fourth-order valence-electron chi connectivity index (χ4n) is 3.55. The number of carbonyl (C=O) groups is 2. The van der Waals surface area contributed by atoms with E-state index in [9.17, 15) is 23.1 Å². The second kappa shape index (κ2) is 13.1. The van der Waals surface area contributed by atoms with Crippen LogP contribution in [0.25, 0.3) is 0 Å². The molecule has 0 saturated carbocycles. The molecule has 34 heavy (non-hydrogen) atoms. The van der Waals surface area contributed by atoms with Gasteiger partial charge < -0.3 is 25.2 Å². The first-order valence-corrected chi connectivity index (χ1v) is 11.1. The van der Waals surface area contributed by atoms with Crippen LogP contribution in [0.3, 0.4) is 0 Å². The van der Waals surface area contributed by atoms with Gasteiger partial charge in [-0.1, -0.05) is 13.0 Å². The number of alkyl halides is 3. The molecule has 1 aromatic carbocycles. The van der Waals surface area contributed by atoms with Gasteiger partial charge in [-0.25, -0.2) is 9.59 Å². The van der Waals surface area contributed by atoms with Gasteiger partial charge in [-0.2, -0.15) is 13.2 Å². The van der Waals surface area contributed by atoms with Crippen LogP contribution >= 0.6 is 0 Å². The molecular weight excluding hydrogens is 457 g/mol. The summed E-state index contributed by atoms with van der Waals surface area (Å²) in [6.45, 7) is 8.65. The lowest BCUT2D eigenvalue weighted by atomic mass is 10.2. The van der Waals surface area contributed by atoms with Crippen molar-refractivity contribution >= 4 is 23.6 Å². The number of guanidine groups is 1. The maximum absolute atomic E-state index is 11.2. The minimum atomic E-state index is -5.08. The largest absolute Gasteiger partial charge is 0.490 e. The third-order valence-corrected chi connectivity index (χ3v) is 5.29. The number of hydrogen-bond acceptors (Lipinski definition) is 5. The molecule has 12 heteroatoms. The number of halogens is 3. The molecule has 0 spiro atoms. The molecule has 3 rings (SSSR count). The minimum absolute atomic E-state index is 0.188. The first-order valence-electron chi connectivity index (χ1n) is 11.1. The lowest BCUT2D eigenvalue weighted by Gasteiger charge is -2.36. The van der Waals surface area contributed by atoms with Crippen molar-refractivity contribution < 1.29 is 37.7 Å². The first kappa shape index (κ1) is 27.4. The van der Waals surface area contributed by atoms with Crippen LogP contribution in [0.4, 0.5) is 18.9 Å². The molecule has 2 heterocycles. The quantitative estimate of drug-likeness (QED) is 0.414. The molecule has 9 nitrogen and oxygen atoms in total. The highest BCUT2D eigenvalue weighted by Crippen LogP contribution is 2.16. The average molecular weight is 489 g/mol. The summed E-state index contributed by atoms with van der Waals surface area (Å²) in [5, 5.41) is 19.7. The molecule has 0 aromatic heterocycles. The lowest BCUT2D eigenvalue weighted by Crippen LogP contribution is -2.50. The van der Waals surface area contributed by atoms with Gasteiger partial charge in [0.05, 0.1) is 18.2 Å². The Bertz CT molecular complexity index is 836. The summed E-state index contributed by atoms with van der Waals surface area (Å²) < 4.78 is 37.4. The fourth-order valence-corrected chi connectivity index (χ4v) is 3.55. The average Bonchev–Trinajstić information content (AvgIpc) is 3.31. The zero-order valence-electron chi connectivity index (χ0n) is 19.1. The Kier molecular flexibility index (Phi) is 10.6. The van der Waals surface area contributed by atoms with Gasteiger partial charge in [-0.05, 0) is 44.0 Å². The summed E-state index contributed by atoms with van der Waals surface area (Å²) in [7, 11) is 0. The van der Waals surface area contributed by atoms with E-state index in [1.54, 1.807) is 18.2 Å².